The normalized spacial score (nSPS) is 25.5. The first-order valence-corrected chi connectivity index (χ1v) is 12.9. The Morgan fingerprint density at radius 2 is 1.56 bits per heavy atom. The minimum absolute atomic E-state index is 0.0566. The number of carbonyl (C=O) groups is 4. The summed E-state index contributed by atoms with van der Waals surface area (Å²) in [5.74, 6) is -4.82. The van der Waals surface area contributed by atoms with E-state index in [0.29, 0.717) is 16.8 Å². The Hall–Kier alpha value is -4.37. The highest BCUT2D eigenvalue weighted by molar-refractivity contribution is 6.16. The lowest BCUT2D eigenvalue weighted by Crippen LogP contribution is -2.55. The van der Waals surface area contributed by atoms with E-state index in [2.05, 4.69) is 5.32 Å². The Morgan fingerprint density at radius 3 is 2.31 bits per heavy atom. The van der Waals surface area contributed by atoms with Gasteiger partial charge in [0.2, 0.25) is 11.8 Å². The van der Waals surface area contributed by atoms with Crippen LogP contribution in [-0.4, -0.2) is 39.7 Å². The molecule has 1 spiro atoms. The molecule has 2 fully saturated rings. The smallest absolute Gasteiger partial charge is 0.303 e. The second-order valence-corrected chi connectivity index (χ2v) is 10.2. The van der Waals surface area contributed by atoms with Crippen molar-refractivity contribution < 1.29 is 28.7 Å². The predicted molar refractivity (Wildman–Crippen MR) is 138 cm³/mol. The minimum atomic E-state index is -1.58. The lowest BCUT2D eigenvalue weighted by atomic mass is 9.76. The highest BCUT2D eigenvalue weighted by Crippen LogP contribution is 2.55. The van der Waals surface area contributed by atoms with Gasteiger partial charge in [-0.1, -0.05) is 66.7 Å². The van der Waals surface area contributed by atoms with E-state index in [1.165, 1.54) is 15.9 Å². The number of aliphatic carboxylic acids is 1. The fourth-order valence-corrected chi connectivity index (χ4v) is 6.41. The topological polar surface area (TPSA) is 107 Å². The molecule has 39 heavy (non-hydrogen) atoms. The first-order chi connectivity index (χ1) is 18.8. The third kappa shape index (κ3) is 3.84. The van der Waals surface area contributed by atoms with E-state index in [1.807, 2.05) is 30.3 Å². The summed E-state index contributed by atoms with van der Waals surface area (Å²) in [5.41, 5.74) is 0.560. The zero-order valence-electron chi connectivity index (χ0n) is 20.9. The molecule has 198 valence electrons. The number of fused-ring (bicyclic) bond motifs is 4. The number of carboxylic acids is 1. The molecule has 6 rings (SSSR count). The summed E-state index contributed by atoms with van der Waals surface area (Å²) in [4.78, 5) is 56.3. The predicted octanol–water partition coefficient (Wildman–Crippen LogP) is 3.21. The van der Waals surface area contributed by atoms with Crippen LogP contribution in [0.1, 0.15) is 29.5 Å². The average molecular weight is 528 g/mol. The van der Waals surface area contributed by atoms with Crippen molar-refractivity contribution in [3.05, 3.63) is 101 Å². The number of amides is 3. The maximum atomic E-state index is 14.6. The summed E-state index contributed by atoms with van der Waals surface area (Å²) in [6, 6.07) is 21.6. The van der Waals surface area contributed by atoms with Gasteiger partial charge in [-0.05, 0) is 24.1 Å². The number of carbonyl (C=O) groups excluding carboxylic acids is 3. The number of para-hydroxylation sites is 1. The number of anilines is 1. The van der Waals surface area contributed by atoms with Crippen molar-refractivity contribution in [3.8, 4) is 0 Å². The van der Waals surface area contributed by atoms with Crippen LogP contribution in [-0.2, 0) is 37.8 Å². The van der Waals surface area contributed by atoms with E-state index in [1.54, 1.807) is 42.5 Å². The zero-order valence-corrected chi connectivity index (χ0v) is 20.9. The molecule has 0 bridgehead atoms. The van der Waals surface area contributed by atoms with Crippen molar-refractivity contribution in [1.29, 1.82) is 0 Å². The summed E-state index contributed by atoms with van der Waals surface area (Å²) in [6.07, 6.45) is -0.162. The van der Waals surface area contributed by atoms with Gasteiger partial charge in [-0.25, -0.2) is 4.39 Å². The van der Waals surface area contributed by atoms with Crippen molar-refractivity contribution in [2.24, 2.45) is 11.8 Å². The largest absolute Gasteiger partial charge is 0.481 e. The van der Waals surface area contributed by atoms with Crippen molar-refractivity contribution in [3.63, 3.8) is 0 Å². The van der Waals surface area contributed by atoms with E-state index < -0.39 is 52.9 Å². The van der Waals surface area contributed by atoms with Crippen LogP contribution in [0.2, 0.25) is 0 Å². The van der Waals surface area contributed by atoms with E-state index in [-0.39, 0.29) is 25.9 Å². The van der Waals surface area contributed by atoms with Crippen LogP contribution < -0.4 is 10.2 Å². The molecule has 2 saturated heterocycles. The summed E-state index contributed by atoms with van der Waals surface area (Å²) in [5, 5.41) is 12.7. The molecule has 2 N–H and O–H groups in total. The molecule has 9 heteroatoms. The molecule has 3 aliphatic heterocycles. The number of nitrogens with one attached hydrogen (secondary N) is 1. The van der Waals surface area contributed by atoms with E-state index in [0.717, 1.165) is 5.56 Å². The number of likely N-dealkylation sites (tertiary alicyclic amines) is 1. The van der Waals surface area contributed by atoms with Crippen LogP contribution in [0.5, 0.6) is 0 Å². The quantitative estimate of drug-likeness (QED) is 0.457. The maximum absolute atomic E-state index is 14.6. The van der Waals surface area contributed by atoms with Gasteiger partial charge < -0.3 is 10.0 Å². The second-order valence-electron chi connectivity index (χ2n) is 10.2. The first kappa shape index (κ1) is 24.9. The lowest BCUT2D eigenvalue weighted by Gasteiger charge is -2.30. The molecule has 0 radical (unpaired) electrons. The lowest BCUT2D eigenvalue weighted by molar-refractivity contribution is -0.144. The monoisotopic (exact) mass is 527 g/mol. The number of carboxylic acid groups (broad SMARTS) is 1. The molecule has 8 nitrogen and oxygen atoms in total. The number of benzene rings is 3. The zero-order chi connectivity index (χ0) is 27.3. The summed E-state index contributed by atoms with van der Waals surface area (Å²) < 4.78 is 14.6. The summed E-state index contributed by atoms with van der Waals surface area (Å²) in [6.45, 7) is 0.00100. The number of hydrogen-bond acceptors (Lipinski definition) is 5. The Kier molecular flexibility index (Phi) is 6.03. The van der Waals surface area contributed by atoms with E-state index in [4.69, 9.17) is 0 Å². The van der Waals surface area contributed by atoms with Gasteiger partial charge in [0.25, 0.3) is 5.91 Å². The van der Waals surface area contributed by atoms with E-state index in [9.17, 15) is 28.7 Å². The van der Waals surface area contributed by atoms with Gasteiger partial charge in [-0.2, -0.15) is 0 Å². The Labute approximate surface area is 224 Å². The molecule has 3 aromatic carbocycles. The van der Waals surface area contributed by atoms with Gasteiger partial charge in [-0.15, -0.1) is 0 Å². The van der Waals surface area contributed by atoms with Gasteiger partial charge >= 0.3 is 5.97 Å². The SMILES string of the molecule is O=C(O)CC[C@H]1N[C@@]2(C(=O)N(Cc3ccccc3F)c3ccccc32)[C@@H]2C(=O)N(Cc3ccccc3)C(=O)[C@@H]21. The molecule has 4 atom stereocenters. The van der Waals surface area contributed by atoms with Crippen molar-refractivity contribution in [2.75, 3.05) is 4.90 Å². The fourth-order valence-electron chi connectivity index (χ4n) is 6.41. The Bertz CT molecular complexity index is 1490. The number of hydrogen-bond donors (Lipinski definition) is 2. The third-order valence-electron chi connectivity index (χ3n) is 8.10. The highest BCUT2D eigenvalue weighted by atomic mass is 19.1. The maximum Gasteiger partial charge on any atom is 0.303 e. The molecule has 3 aliphatic rings. The molecule has 0 aromatic heterocycles. The first-order valence-electron chi connectivity index (χ1n) is 12.9. The number of nitrogens with zero attached hydrogens (tertiary/aromatic N) is 2. The van der Waals surface area contributed by atoms with Crippen LogP contribution in [0.3, 0.4) is 0 Å². The van der Waals surface area contributed by atoms with Crippen molar-refractivity contribution in [1.82, 2.24) is 10.2 Å². The molecule has 0 saturated carbocycles. The van der Waals surface area contributed by atoms with Gasteiger partial charge in [0, 0.05) is 29.3 Å². The van der Waals surface area contributed by atoms with Gasteiger partial charge in [-0.3, -0.25) is 29.4 Å². The second kappa shape index (κ2) is 9.43. The standard InChI is InChI=1S/C30H26FN3O5/c31-21-12-6-4-10-19(21)17-33-23-13-7-5-11-20(23)30(29(33)39)26-25(22(32-30)14-15-24(35)36)27(37)34(28(26)38)16-18-8-2-1-3-9-18/h1-13,22,25-26,32H,14-17H2,(H,35,36)/t22-,25-,26+,30-/m1/s1. The molecule has 3 amide bonds. The number of rotatable bonds is 7. The molecule has 0 unspecified atom stereocenters. The number of imide groups is 1. The Morgan fingerprint density at radius 1 is 0.872 bits per heavy atom. The summed E-state index contributed by atoms with van der Waals surface area (Å²) >= 11 is 0. The average Bonchev–Trinajstić information content (AvgIpc) is 3.49. The van der Waals surface area contributed by atoms with Gasteiger partial charge in [0.15, 0.2) is 0 Å². The van der Waals surface area contributed by atoms with Crippen molar-refractivity contribution in [2.45, 2.75) is 37.5 Å². The number of halogens is 1. The van der Waals surface area contributed by atoms with Crippen LogP contribution >= 0.6 is 0 Å². The van der Waals surface area contributed by atoms with Crippen LogP contribution in [0.25, 0.3) is 0 Å². The van der Waals surface area contributed by atoms with Crippen molar-refractivity contribution >= 4 is 29.4 Å². The molecular formula is C30H26FN3O5. The van der Waals surface area contributed by atoms with Crippen LogP contribution in [0, 0.1) is 17.7 Å². The minimum Gasteiger partial charge on any atom is -0.481 e. The highest BCUT2D eigenvalue weighted by Gasteiger charge is 2.71. The molecule has 0 aliphatic carbocycles. The van der Waals surface area contributed by atoms with Crippen LogP contribution in [0.4, 0.5) is 10.1 Å². The Balaban J connectivity index is 1.44. The third-order valence-corrected chi connectivity index (χ3v) is 8.10. The molecule has 3 heterocycles. The van der Waals surface area contributed by atoms with Gasteiger partial charge in [0.05, 0.1) is 24.9 Å². The summed E-state index contributed by atoms with van der Waals surface area (Å²) in [7, 11) is 0. The van der Waals surface area contributed by atoms with Crippen LogP contribution in [0.15, 0.2) is 78.9 Å². The van der Waals surface area contributed by atoms with Gasteiger partial charge in [0.1, 0.15) is 11.4 Å². The molecule has 3 aromatic rings. The molecular weight excluding hydrogens is 501 g/mol. The van der Waals surface area contributed by atoms with E-state index >= 15 is 0 Å². The fraction of sp³-hybridized carbons (Fsp3) is 0.267.